The van der Waals surface area contributed by atoms with Crippen molar-refractivity contribution in [2.45, 2.75) is 6.92 Å². The molecule has 0 spiro atoms. The number of hydrogen-bond acceptors (Lipinski definition) is 4. The first-order chi connectivity index (χ1) is 15.8. The molecule has 0 atom stereocenters. The van der Waals surface area contributed by atoms with Gasteiger partial charge in [-0.1, -0.05) is 84.9 Å². The summed E-state index contributed by atoms with van der Waals surface area (Å²) >= 11 is 1.80. The molecule has 0 aliphatic heterocycles. The summed E-state index contributed by atoms with van der Waals surface area (Å²) in [6.07, 6.45) is 0. The van der Waals surface area contributed by atoms with Crippen LogP contribution in [0.1, 0.15) is 5.56 Å². The third-order valence-electron chi connectivity index (χ3n) is 5.70. The molecule has 0 amide bonds. The van der Waals surface area contributed by atoms with Crippen LogP contribution in [0.2, 0.25) is 0 Å². The summed E-state index contributed by atoms with van der Waals surface area (Å²) in [7, 11) is 0. The predicted octanol–water partition coefficient (Wildman–Crippen LogP) is 7.55. The molecular formula is C28H19N3S. The molecule has 6 aromatic rings. The number of benzene rings is 4. The molecule has 32 heavy (non-hydrogen) atoms. The van der Waals surface area contributed by atoms with Gasteiger partial charge in [0.25, 0.3) is 0 Å². The molecule has 4 aromatic carbocycles. The Hall–Kier alpha value is -3.89. The van der Waals surface area contributed by atoms with Gasteiger partial charge < -0.3 is 0 Å². The van der Waals surface area contributed by atoms with Crippen molar-refractivity contribution in [3.63, 3.8) is 0 Å². The second-order valence-electron chi connectivity index (χ2n) is 7.76. The Labute approximate surface area is 190 Å². The highest BCUT2D eigenvalue weighted by Crippen LogP contribution is 2.39. The molecule has 0 unspecified atom stereocenters. The normalized spacial score (nSPS) is 11.3. The maximum absolute atomic E-state index is 4.98. The largest absolute Gasteiger partial charge is 0.208 e. The minimum Gasteiger partial charge on any atom is -0.208 e. The zero-order chi connectivity index (χ0) is 21.5. The van der Waals surface area contributed by atoms with Gasteiger partial charge in [-0.05, 0) is 24.6 Å². The average molecular weight is 430 g/mol. The minimum absolute atomic E-state index is 0.686. The predicted molar refractivity (Wildman–Crippen MR) is 134 cm³/mol. The van der Waals surface area contributed by atoms with Gasteiger partial charge in [-0.25, -0.2) is 15.0 Å². The summed E-state index contributed by atoms with van der Waals surface area (Å²) < 4.78 is 2.51. The lowest BCUT2D eigenvalue weighted by Gasteiger charge is -2.10. The number of rotatable bonds is 3. The average Bonchev–Trinajstić information content (AvgIpc) is 3.23. The van der Waals surface area contributed by atoms with Crippen LogP contribution >= 0.6 is 11.3 Å². The second kappa shape index (κ2) is 7.66. The molecule has 3 nitrogen and oxygen atoms in total. The van der Waals surface area contributed by atoms with Gasteiger partial charge in [-0.15, -0.1) is 11.3 Å². The maximum atomic E-state index is 4.98. The van der Waals surface area contributed by atoms with Gasteiger partial charge in [0.2, 0.25) is 0 Å². The van der Waals surface area contributed by atoms with Gasteiger partial charge in [0.05, 0.1) is 0 Å². The lowest BCUT2D eigenvalue weighted by Crippen LogP contribution is -2.01. The van der Waals surface area contributed by atoms with Crippen molar-refractivity contribution in [1.29, 1.82) is 0 Å². The van der Waals surface area contributed by atoms with Crippen LogP contribution in [0.15, 0.2) is 97.1 Å². The number of aryl methyl sites for hydroxylation is 1. The third-order valence-corrected chi connectivity index (χ3v) is 6.83. The van der Waals surface area contributed by atoms with E-state index in [2.05, 4.69) is 61.5 Å². The summed E-state index contributed by atoms with van der Waals surface area (Å²) in [6.45, 7) is 2.09. The maximum Gasteiger partial charge on any atom is 0.164 e. The van der Waals surface area contributed by atoms with Crippen LogP contribution in [0.3, 0.4) is 0 Å². The zero-order valence-corrected chi connectivity index (χ0v) is 18.3. The van der Waals surface area contributed by atoms with Gasteiger partial charge >= 0.3 is 0 Å². The van der Waals surface area contributed by atoms with E-state index in [9.17, 15) is 0 Å². The van der Waals surface area contributed by atoms with Crippen LogP contribution in [0.5, 0.6) is 0 Å². The molecule has 152 valence electrons. The van der Waals surface area contributed by atoms with E-state index in [4.69, 9.17) is 15.0 Å². The molecule has 0 saturated carbocycles. The Morgan fingerprint density at radius 1 is 0.531 bits per heavy atom. The zero-order valence-electron chi connectivity index (χ0n) is 17.5. The molecule has 0 saturated heterocycles. The first-order valence-electron chi connectivity index (χ1n) is 10.6. The van der Waals surface area contributed by atoms with Crippen LogP contribution in [-0.4, -0.2) is 15.0 Å². The van der Waals surface area contributed by atoms with E-state index in [1.165, 1.54) is 20.2 Å². The summed E-state index contributed by atoms with van der Waals surface area (Å²) in [4.78, 5) is 14.8. The van der Waals surface area contributed by atoms with Crippen LogP contribution in [0, 0.1) is 6.92 Å². The number of aromatic nitrogens is 3. The van der Waals surface area contributed by atoms with Crippen molar-refractivity contribution in [3.8, 4) is 34.2 Å². The Bertz CT molecular complexity index is 1590. The lowest BCUT2D eigenvalue weighted by atomic mass is 10.0. The topological polar surface area (TPSA) is 38.7 Å². The highest BCUT2D eigenvalue weighted by molar-refractivity contribution is 7.25. The highest BCUT2D eigenvalue weighted by Gasteiger charge is 2.17. The van der Waals surface area contributed by atoms with Gasteiger partial charge in [-0.3, -0.25) is 0 Å². The third kappa shape index (κ3) is 3.17. The summed E-state index contributed by atoms with van der Waals surface area (Å²) in [5.74, 6) is 2.08. The van der Waals surface area contributed by atoms with E-state index >= 15 is 0 Å². The first kappa shape index (κ1) is 18.8. The molecule has 0 aliphatic carbocycles. The van der Waals surface area contributed by atoms with Crippen molar-refractivity contribution in [3.05, 3.63) is 103 Å². The Balaban J connectivity index is 1.67. The summed E-state index contributed by atoms with van der Waals surface area (Å²) in [6, 6.07) is 33.3. The molecule has 2 heterocycles. The van der Waals surface area contributed by atoms with Crippen LogP contribution in [0.25, 0.3) is 54.3 Å². The number of fused-ring (bicyclic) bond motifs is 3. The van der Waals surface area contributed by atoms with E-state index in [-0.39, 0.29) is 0 Å². The monoisotopic (exact) mass is 429 g/mol. The highest BCUT2D eigenvalue weighted by atomic mass is 32.1. The van der Waals surface area contributed by atoms with Gasteiger partial charge in [0.1, 0.15) is 0 Å². The fraction of sp³-hybridized carbons (Fsp3) is 0.0357. The molecule has 0 radical (unpaired) electrons. The molecule has 6 rings (SSSR count). The van der Waals surface area contributed by atoms with E-state index < -0.39 is 0 Å². The molecule has 0 fully saturated rings. The summed E-state index contributed by atoms with van der Waals surface area (Å²) in [5, 5.41) is 2.44. The SMILES string of the molecule is Cc1ccccc1-c1nc(-c2ccccc2)nc(-c2cccc3sc4ccccc4c23)n1. The fourth-order valence-electron chi connectivity index (χ4n) is 4.12. The Kier molecular flexibility index (Phi) is 4.51. The van der Waals surface area contributed by atoms with Gasteiger partial charge in [0.15, 0.2) is 17.5 Å². The smallest absolute Gasteiger partial charge is 0.164 e. The molecule has 0 N–H and O–H groups in total. The lowest BCUT2D eigenvalue weighted by molar-refractivity contribution is 1.07. The van der Waals surface area contributed by atoms with Crippen LogP contribution in [-0.2, 0) is 0 Å². The van der Waals surface area contributed by atoms with Crippen molar-refractivity contribution < 1.29 is 0 Å². The second-order valence-corrected chi connectivity index (χ2v) is 8.85. The van der Waals surface area contributed by atoms with E-state index in [1.807, 2.05) is 42.5 Å². The van der Waals surface area contributed by atoms with Crippen molar-refractivity contribution in [1.82, 2.24) is 15.0 Å². The van der Waals surface area contributed by atoms with Crippen molar-refractivity contribution in [2.75, 3.05) is 0 Å². The number of nitrogens with zero attached hydrogens (tertiary/aromatic N) is 3. The minimum atomic E-state index is 0.686. The van der Waals surface area contributed by atoms with E-state index in [0.29, 0.717) is 17.5 Å². The molecular weight excluding hydrogens is 410 g/mol. The quantitative estimate of drug-likeness (QED) is 0.291. The van der Waals surface area contributed by atoms with Crippen LogP contribution in [0.4, 0.5) is 0 Å². The molecule has 2 aromatic heterocycles. The molecule has 0 bridgehead atoms. The fourth-order valence-corrected chi connectivity index (χ4v) is 5.25. The van der Waals surface area contributed by atoms with Crippen molar-refractivity contribution in [2.24, 2.45) is 0 Å². The number of hydrogen-bond donors (Lipinski definition) is 0. The van der Waals surface area contributed by atoms with E-state index in [0.717, 1.165) is 22.3 Å². The van der Waals surface area contributed by atoms with Gasteiger partial charge in [0, 0.05) is 36.9 Å². The van der Waals surface area contributed by atoms with Crippen LogP contribution < -0.4 is 0 Å². The Morgan fingerprint density at radius 3 is 2.00 bits per heavy atom. The van der Waals surface area contributed by atoms with E-state index in [1.54, 1.807) is 11.3 Å². The standard InChI is InChI=1S/C28H19N3S/c1-18-10-5-6-13-20(18)27-29-26(19-11-3-2-4-12-19)30-28(31-27)22-15-9-17-24-25(22)21-14-7-8-16-23(21)32-24/h2-17H,1H3. The number of thiophene rings is 1. The van der Waals surface area contributed by atoms with Crippen molar-refractivity contribution >= 4 is 31.5 Å². The molecule has 0 aliphatic rings. The first-order valence-corrected chi connectivity index (χ1v) is 11.4. The summed E-state index contributed by atoms with van der Waals surface area (Å²) in [5.41, 5.74) is 4.18. The van der Waals surface area contributed by atoms with Gasteiger partial charge in [-0.2, -0.15) is 0 Å². The Morgan fingerprint density at radius 2 is 1.16 bits per heavy atom. The molecule has 4 heteroatoms.